The largest absolute Gasteiger partial charge is 0.480 e. The highest BCUT2D eigenvalue weighted by Crippen LogP contribution is 2.05. The fourth-order valence-electron chi connectivity index (χ4n) is 2.59. The topological polar surface area (TPSA) is 260 Å². The average molecular weight is 463 g/mol. The molecule has 12 N–H and O–H groups in total. The number of carbonyl (C=O) groups is 5. The zero-order chi connectivity index (χ0) is 24.8. The molecule has 0 aliphatic carbocycles. The predicted molar refractivity (Wildman–Crippen MR) is 112 cm³/mol. The SMILES string of the molecule is CC(O)C(NC(=O)C(N)CO)C(=O)NC(CCC(N)=O)C(=O)NC(CCCCN)C(=O)O. The lowest BCUT2D eigenvalue weighted by Gasteiger charge is -2.26. The van der Waals surface area contributed by atoms with E-state index in [2.05, 4.69) is 16.0 Å². The molecule has 0 heterocycles. The van der Waals surface area contributed by atoms with Gasteiger partial charge in [0.25, 0.3) is 0 Å². The summed E-state index contributed by atoms with van der Waals surface area (Å²) in [6.07, 6.45) is -0.878. The lowest BCUT2D eigenvalue weighted by Crippen LogP contribution is -2.60. The van der Waals surface area contributed by atoms with Crippen LogP contribution in [0.3, 0.4) is 0 Å². The summed E-state index contributed by atoms with van der Waals surface area (Å²) in [6.45, 7) is 0.847. The van der Waals surface area contributed by atoms with Gasteiger partial charge in [-0.3, -0.25) is 19.2 Å². The van der Waals surface area contributed by atoms with Crippen LogP contribution in [0.15, 0.2) is 0 Å². The molecule has 0 aliphatic rings. The number of hydrogen-bond acceptors (Lipinski definition) is 9. The number of primary amides is 1. The van der Waals surface area contributed by atoms with Gasteiger partial charge in [0.15, 0.2) is 0 Å². The smallest absolute Gasteiger partial charge is 0.326 e. The van der Waals surface area contributed by atoms with E-state index in [9.17, 15) is 34.2 Å². The highest BCUT2D eigenvalue weighted by molar-refractivity contribution is 5.94. The molecule has 0 saturated heterocycles. The summed E-state index contributed by atoms with van der Waals surface area (Å²) in [4.78, 5) is 59.7. The summed E-state index contributed by atoms with van der Waals surface area (Å²) >= 11 is 0. The van der Waals surface area contributed by atoms with Crippen LogP contribution in [0.25, 0.3) is 0 Å². The number of nitrogens with two attached hydrogens (primary N) is 3. The number of nitrogens with one attached hydrogen (secondary N) is 3. The van der Waals surface area contributed by atoms with Gasteiger partial charge in [0.2, 0.25) is 23.6 Å². The van der Waals surface area contributed by atoms with E-state index in [4.69, 9.17) is 22.3 Å². The van der Waals surface area contributed by atoms with E-state index in [1.54, 1.807) is 0 Å². The van der Waals surface area contributed by atoms with Gasteiger partial charge >= 0.3 is 5.97 Å². The van der Waals surface area contributed by atoms with Gasteiger partial charge < -0.3 is 48.5 Å². The number of carbonyl (C=O) groups excluding carboxylic acids is 4. The van der Waals surface area contributed by atoms with Crippen LogP contribution in [0.5, 0.6) is 0 Å². The number of aliphatic carboxylic acids is 1. The Balaban J connectivity index is 5.41. The third-order valence-corrected chi connectivity index (χ3v) is 4.47. The van der Waals surface area contributed by atoms with Gasteiger partial charge in [-0.05, 0) is 39.2 Å². The zero-order valence-electron chi connectivity index (χ0n) is 18.0. The molecular weight excluding hydrogens is 428 g/mol. The Labute approximate surface area is 185 Å². The summed E-state index contributed by atoms with van der Waals surface area (Å²) < 4.78 is 0. The Kier molecular flexibility index (Phi) is 13.7. The molecule has 14 nitrogen and oxygen atoms in total. The van der Waals surface area contributed by atoms with Gasteiger partial charge in [-0.25, -0.2) is 4.79 Å². The third kappa shape index (κ3) is 11.0. The molecule has 4 amide bonds. The van der Waals surface area contributed by atoms with Crippen molar-refractivity contribution in [2.75, 3.05) is 13.2 Å². The van der Waals surface area contributed by atoms with Crippen molar-refractivity contribution in [1.29, 1.82) is 0 Å². The molecule has 0 bridgehead atoms. The van der Waals surface area contributed by atoms with Crippen molar-refractivity contribution in [3.05, 3.63) is 0 Å². The fourth-order valence-corrected chi connectivity index (χ4v) is 2.59. The second kappa shape index (κ2) is 15.1. The number of rotatable bonds is 16. The lowest BCUT2D eigenvalue weighted by atomic mass is 10.1. The standard InChI is InChI=1S/C18H34N6O8/c1-9(26)14(24-15(28)10(20)8-25)17(30)22-11(5-6-13(21)27)16(29)23-12(18(31)32)4-2-3-7-19/h9-12,14,25-26H,2-8,19-20H2,1H3,(H2,21,27)(H,22,30)(H,23,29)(H,24,28)(H,31,32). The molecule has 5 unspecified atom stereocenters. The van der Waals surface area contributed by atoms with E-state index >= 15 is 0 Å². The molecule has 0 aliphatic heterocycles. The Hall–Kier alpha value is -2.81. The highest BCUT2D eigenvalue weighted by Gasteiger charge is 2.32. The quantitative estimate of drug-likeness (QED) is 0.0994. The van der Waals surface area contributed by atoms with Crippen LogP contribution in [-0.2, 0) is 24.0 Å². The third-order valence-electron chi connectivity index (χ3n) is 4.47. The predicted octanol–water partition coefficient (Wildman–Crippen LogP) is -4.38. The highest BCUT2D eigenvalue weighted by atomic mass is 16.4. The van der Waals surface area contributed by atoms with E-state index in [0.29, 0.717) is 19.4 Å². The Bertz CT molecular complexity index is 659. The van der Waals surface area contributed by atoms with Crippen LogP contribution < -0.4 is 33.2 Å². The maximum Gasteiger partial charge on any atom is 0.326 e. The molecule has 0 fully saturated rings. The molecule has 0 radical (unpaired) electrons. The number of hydrogen-bond donors (Lipinski definition) is 9. The number of unbranched alkanes of at least 4 members (excludes halogenated alkanes) is 1. The molecule has 0 aromatic carbocycles. The molecule has 0 spiro atoms. The van der Waals surface area contributed by atoms with Gasteiger partial charge in [-0.1, -0.05) is 0 Å². The molecular formula is C18H34N6O8. The van der Waals surface area contributed by atoms with Gasteiger partial charge in [-0.15, -0.1) is 0 Å². The summed E-state index contributed by atoms with van der Waals surface area (Å²) in [5.74, 6) is -4.84. The minimum atomic E-state index is -1.54. The van der Waals surface area contributed by atoms with Crippen molar-refractivity contribution in [3.8, 4) is 0 Å². The van der Waals surface area contributed by atoms with Gasteiger partial charge in [0.1, 0.15) is 24.2 Å². The Morgan fingerprint density at radius 2 is 1.50 bits per heavy atom. The van der Waals surface area contributed by atoms with Crippen LogP contribution in [0, 0.1) is 0 Å². The number of aliphatic hydroxyl groups is 2. The number of carboxylic acid groups (broad SMARTS) is 1. The molecule has 5 atom stereocenters. The van der Waals surface area contributed by atoms with Gasteiger partial charge in [-0.2, -0.15) is 0 Å². The molecule has 0 aromatic rings. The summed E-state index contributed by atoms with van der Waals surface area (Å²) in [7, 11) is 0. The van der Waals surface area contributed by atoms with Crippen molar-refractivity contribution in [3.63, 3.8) is 0 Å². The second-order valence-corrected chi connectivity index (χ2v) is 7.27. The number of carboxylic acids is 1. The molecule has 0 rings (SSSR count). The van der Waals surface area contributed by atoms with Crippen molar-refractivity contribution in [1.82, 2.24) is 16.0 Å². The first-order chi connectivity index (χ1) is 14.9. The summed E-state index contributed by atoms with van der Waals surface area (Å²) in [5, 5.41) is 34.8. The zero-order valence-corrected chi connectivity index (χ0v) is 18.0. The van der Waals surface area contributed by atoms with Crippen LogP contribution in [0.4, 0.5) is 0 Å². The van der Waals surface area contributed by atoms with Crippen LogP contribution in [-0.4, -0.2) is 88.3 Å². The first-order valence-electron chi connectivity index (χ1n) is 10.1. The van der Waals surface area contributed by atoms with Gasteiger partial charge in [0, 0.05) is 6.42 Å². The summed E-state index contributed by atoms with van der Waals surface area (Å²) in [6, 6.07) is -5.51. The monoisotopic (exact) mass is 462 g/mol. The van der Waals surface area contributed by atoms with Crippen LogP contribution in [0.2, 0.25) is 0 Å². The molecule has 14 heteroatoms. The van der Waals surface area contributed by atoms with E-state index in [1.807, 2.05) is 0 Å². The first-order valence-corrected chi connectivity index (χ1v) is 10.1. The normalized spacial score (nSPS) is 15.5. The molecule has 32 heavy (non-hydrogen) atoms. The van der Waals surface area contributed by atoms with E-state index in [1.165, 1.54) is 6.92 Å². The van der Waals surface area contributed by atoms with Crippen molar-refractivity contribution < 1.29 is 39.3 Å². The van der Waals surface area contributed by atoms with E-state index < -0.39 is 66.5 Å². The number of amides is 4. The van der Waals surface area contributed by atoms with Crippen LogP contribution in [0.1, 0.15) is 39.0 Å². The van der Waals surface area contributed by atoms with Crippen LogP contribution >= 0.6 is 0 Å². The van der Waals surface area contributed by atoms with Crippen molar-refractivity contribution in [2.45, 2.75) is 69.3 Å². The molecule has 184 valence electrons. The number of aliphatic hydroxyl groups excluding tert-OH is 2. The maximum absolute atomic E-state index is 12.6. The maximum atomic E-state index is 12.6. The lowest BCUT2D eigenvalue weighted by molar-refractivity contribution is -0.142. The van der Waals surface area contributed by atoms with E-state index in [0.717, 1.165) is 0 Å². The minimum absolute atomic E-state index is 0.0974. The first kappa shape index (κ1) is 29.2. The van der Waals surface area contributed by atoms with Crippen molar-refractivity contribution in [2.24, 2.45) is 17.2 Å². The van der Waals surface area contributed by atoms with E-state index in [-0.39, 0.29) is 19.3 Å². The minimum Gasteiger partial charge on any atom is -0.480 e. The van der Waals surface area contributed by atoms with Gasteiger partial charge in [0.05, 0.1) is 12.7 Å². The Morgan fingerprint density at radius 3 is 1.97 bits per heavy atom. The Morgan fingerprint density at radius 1 is 0.906 bits per heavy atom. The molecule has 0 saturated carbocycles. The van der Waals surface area contributed by atoms with Crippen molar-refractivity contribution >= 4 is 29.6 Å². The molecule has 0 aromatic heterocycles. The average Bonchev–Trinajstić information content (AvgIpc) is 2.72. The summed E-state index contributed by atoms with van der Waals surface area (Å²) in [5.41, 5.74) is 15.9. The fraction of sp³-hybridized carbons (Fsp3) is 0.722. The second-order valence-electron chi connectivity index (χ2n) is 7.27.